The maximum Gasteiger partial charge on any atom is 0.293 e. The van der Waals surface area contributed by atoms with Crippen molar-refractivity contribution in [2.75, 3.05) is 38.2 Å². The summed E-state index contributed by atoms with van der Waals surface area (Å²) >= 11 is 0. The Hall–Kier alpha value is -3.60. The molecule has 0 bridgehead atoms. The first-order valence-corrected chi connectivity index (χ1v) is 12.8. The molecule has 182 valence electrons. The molecule has 0 aliphatic heterocycles. The average Bonchev–Trinajstić information content (AvgIpc) is 3.21. The molecule has 0 saturated heterocycles. The quantitative estimate of drug-likeness (QED) is 0.512. The van der Waals surface area contributed by atoms with Gasteiger partial charge in [0.2, 0.25) is 5.76 Å². The molecule has 2 N–H and O–H groups in total. The second-order valence-electron chi connectivity index (χ2n) is 8.23. The van der Waals surface area contributed by atoms with Crippen molar-refractivity contribution in [1.82, 2.24) is 10.1 Å². The molecule has 3 rings (SSSR count). The van der Waals surface area contributed by atoms with Crippen LogP contribution in [0.5, 0.6) is 11.6 Å². The zero-order valence-electron chi connectivity index (χ0n) is 19.3. The molecule has 1 atom stereocenters. The van der Waals surface area contributed by atoms with Gasteiger partial charge in [0, 0.05) is 18.0 Å². The van der Waals surface area contributed by atoms with E-state index >= 15 is 0 Å². The van der Waals surface area contributed by atoms with E-state index in [0.717, 1.165) is 23.1 Å². The van der Waals surface area contributed by atoms with Crippen LogP contribution in [0.4, 0.5) is 14.5 Å². The molecule has 1 aromatic heterocycles. The smallest absolute Gasteiger partial charge is 0.293 e. The zero-order valence-corrected chi connectivity index (χ0v) is 20.1. The van der Waals surface area contributed by atoms with Crippen molar-refractivity contribution in [2.45, 2.75) is 10.9 Å². The van der Waals surface area contributed by atoms with E-state index in [0.29, 0.717) is 11.3 Å². The van der Waals surface area contributed by atoms with Crippen LogP contribution in [0.25, 0.3) is 0 Å². The van der Waals surface area contributed by atoms with Gasteiger partial charge in [-0.3, -0.25) is 9.59 Å². The van der Waals surface area contributed by atoms with Crippen LogP contribution in [-0.2, 0) is 4.79 Å². The number of halogens is 2. The number of hydrogen-bond acceptors (Lipinski definition) is 6. The largest absolute Gasteiger partial charge is 0.497 e. The first-order valence-electron chi connectivity index (χ1n) is 9.97. The number of benzene rings is 2. The zero-order chi connectivity index (χ0) is 25.2. The number of carbonyl (C=O) groups excluding carboxylic acids is 2. The summed E-state index contributed by atoms with van der Waals surface area (Å²) in [6.45, 7) is 0. The maximum atomic E-state index is 14.8. The third-order valence-corrected chi connectivity index (χ3v) is 6.67. The van der Waals surface area contributed by atoms with E-state index in [2.05, 4.69) is 10.5 Å². The number of aromatic nitrogens is 1. The summed E-state index contributed by atoms with van der Waals surface area (Å²) in [7, 11) is 1.26. The molecule has 8 nitrogen and oxygen atoms in total. The van der Waals surface area contributed by atoms with E-state index in [4.69, 9.17) is 9.26 Å². The molecule has 2 aromatic carbocycles. The fraction of sp³-hybridized carbons (Fsp3) is 0.261. The topological polar surface area (TPSA) is 105 Å². The number of nitrogens with one attached hydrogen (secondary N) is 1. The van der Waals surface area contributed by atoms with E-state index in [1.807, 2.05) is 18.8 Å². The number of aromatic hydroxyl groups is 1. The molecule has 0 saturated carbocycles. The van der Waals surface area contributed by atoms with Crippen molar-refractivity contribution in [1.29, 1.82) is 0 Å². The van der Waals surface area contributed by atoms with Crippen molar-refractivity contribution in [3.05, 3.63) is 65.4 Å². The van der Waals surface area contributed by atoms with Crippen LogP contribution in [0.15, 0.2) is 51.9 Å². The highest BCUT2D eigenvalue weighted by molar-refractivity contribution is 8.32. The molecule has 0 radical (unpaired) electrons. The number of anilines is 1. The molecule has 0 fully saturated rings. The predicted octanol–water partition coefficient (Wildman–Crippen LogP) is 4.17. The lowest BCUT2D eigenvalue weighted by Crippen LogP contribution is -2.38. The second kappa shape index (κ2) is 9.72. The van der Waals surface area contributed by atoms with Gasteiger partial charge in [0.05, 0.1) is 18.9 Å². The van der Waals surface area contributed by atoms with Crippen LogP contribution in [0.1, 0.15) is 22.2 Å². The summed E-state index contributed by atoms with van der Waals surface area (Å²) in [6, 6.07) is 8.06. The van der Waals surface area contributed by atoms with E-state index in [9.17, 15) is 23.5 Å². The van der Waals surface area contributed by atoms with Gasteiger partial charge in [-0.2, -0.15) is 0 Å². The average molecular weight is 494 g/mol. The van der Waals surface area contributed by atoms with Gasteiger partial charge < -0.3 is 24.6 Å². The highest BCUT2D eigenvalue weighted by Gasteiger charge is 2.32. The van der Waals surface area contributed by atoms with Gasteiger partial charge in [-0.05, 0) is 47.7 Å². The van der Waals surface area contributed by atoms with E-state index < -0.39 is 45.4 Å². The van der Waals surface area contributed by atoms with Gasteiger partial charge in [0.25, 0.3) is 17.7 Å². The lowest BCUT2D eigenvalue weighted by molar-refractivity contribution is -0.120. The Morgan fingerprint density at radius 1 is 1.12 bits per heavy atom. The molecule has 11 heteroatoms. The number of likely N-dealkylation sites (N-methyl/N-ethyl adjacent to an activating group) is 1. The fourth-order valence-electron chi connectivity index (χ4n) is 3.29. The highest BCUT2D eigenvalue weighted by Crippen LogP contribution is 2.47. The Morgan fingerprint density at radius 3 is 2.29 bits per heavy atom. The van der Waals surface area contributed by atoms with Gasteiger partial charge in [-0.1, -0.05) is 12.1 Å². The van der Waals surface area contributed by atoms with Crippen molar-refractivity contribution in [3.8, 4) is 11.6 Å². The van der Waals surface area contributed by atoms with Crippen LogP contribution in [0, 0.1) is 11.6 Å². The van der Waals surface area contributed by atoms with Crippen LogP contribution in [-0.4, -0.2) is 59.9 Å². The number of amides is 2. The minimum Gasteiger partial charge on any atom is -0.497 e. The Morgan fingerprint density at radius 2 is 1.76 bits per heavy atom. The van der Waals surface area contributed by atoms with Crippen LogP contribution in [0.2, 0.25) is 0 Å². The fourth-order valence-corrected chi connectivity index (χ4v) is 4.39. The number of hydrogen-bond donors (Lipinski definition) is 2. The Kier molecular flexibility index (Phi) is 7.15. The van der Waals surface area contributed by atoms with Crippen LogP contribution in [0.3, 0.4) is 0 Å². The molecule has 0 aliphatic rings. The predicted molar refractivity (Wildman–Crippen MR) is 125 cm³/mol. The number of ether oxygens (including phenoxy) is 1. The summed E-state index contributed by atoms with van der Waals surface area (Å²) < 4.78 is 39.4. The number of carbonyl (C=O) groups is 2. The van der Waals surface area contributed by atoms with Gasteiger partial charge in [-0.15, -0.1) is 0 Å². The van der Waals surface area contributed by atoms with Gasteiger partial charge >= 0.3 is 0 Å². The van der Waals surface area contributed by atoms with E-state index in [1.165, 1.54) is 14.2 Å². The third-order valence-electron chi connectivity index (χ3n) is 5.04. The molecule has 2 amide bonds. The van der Waals surface area contributed by atoms with Crippen molar-refractivity contribution < 1.29 is 32.7 Å². The second-order valence-corrected chi connectivity index (χ2v) is 12.3. The number of rotatable bonds is 7. The Labute approximate surface area is 196 Å². The Balaban J connectivity index is 1.98. The first-order chi connectivity index (χ1) is 15.9. The highest BCUT2D eigenvalue weighted by atomic mass is 32.3. The maximum absolute atomic E-state index is 14.8. The van der Waals surface area contributed by atoms with Crippen LogP contribution >= 0.6 is 10.0 Å². The summed E-state index contributed by atoms with van der Waals surface area (Å²) in [5.74, 6) is -3.27. The Bertz CT molecular complexity index is 1210. The van der Waals surface area contributed by atoms with Crippen LogP contribution < -0.4 is 10.1 Å². The van der Waals surface area contributed by atoms with E-state index in [1.54, 1.807) is 24.3 Å². The molecular weight excluding hydrogens is 468 g/mol. The summed E-state index contributed by atoms with van der Waals surface area (Å²) in [5.41, 5.74) is 0.0149. The number of nitrogens with zero attached hydrogens (tertiary/aromatic N) is 2. The SMILES string of the molecule is COc1ccc([C@@H](C(=O)Nc2cc(F)c(S(C)(C)C)cc2F)N(C)C(=O)c2cc(O)no2)cc1. The number of methoxy groups -OCH3 is 1. The molecular formula is C23H25F2N3O5S. The minimum absolute atomic E-state index is 0.243. The minimum atomic E-state index is -1.55. The van der Waals surface area contributed by atoms with Gasteiger partial charge in [0.1, 0.15) is 23.4 Å². The van der Waals surface area contributed by atoms with Gasteiger partial charge in [0.15, 0.2) is 0 Å². The summed E-state index contributed by atoms with van der Waals surface area (Å²) in [6.07, 6.45) is 5.47. The van der Waals surface area contributed by atoms with Crippen molar-refractivity contribution in [3.63, 3.8) is 0 Å². The monoisotopic (exact) mass is 493 g/mol. The van der Waals surface area contributed by atoms with Gasteiger partial charge in [-0.25, -0.2) is 18.8 Å². The summed E-state index contributed by atoms with van der Waals surface area (Å²) in [4.78, 5) is 27.4. The lowest BCUT2D eigenvalue weighted by Gasteiger charge is -2.28. The first kappa shape index (κ1) is 25.0. The summed E-state index contributed by atoms with van der Waals surface area (Å²) in [5, 5.41) is 15.0. The molecule has 0 spiro atoms. The molecule has 34 heavy (non-hydrogen) atoms. The van der Waals surface area contributed by atoms with E-state index in [-0.39, 0.29) is 16.3 Å². The van der Waals surface area contributed by atoms with Crippen molar-refractivity contribution in [2.24, 2.45) is 0 Å². The normalized spacial score (nSPS) is 12.7. The standard InChI is InChI=1S/C23H25F2N3O5S/c1-28(23(31)18-12-20(29)27-33-18)21(13-6-8-14(32-2)9-7-13)22(30)26-17-10-16(25)19(11-15(17)24)34(3,4)5/h6-12,21H,1-5H3,(H,26,30)(H,27,29)/t21-/m0/s1. The lowest BCUT2D eigenvalue weighted by atomic mass is 10.0. The molecule has 3 aromatic rings. The molecule has 1 heterocycles. The molecule has 0 unspecified atom stereocenters. The third kappa shape index (κ3) is 5.30. The van der Waals surface area contributed by atoms with Crippen molar-refractivity contribution >= 4 is 27.5 Å². The molecule has 0 aliphatic carbocycles.